The minimum Gasteiger partial charge on any atom is -0.396 e. The molecule has 0 aliphatic carbocycles. The van der Waals surface area contributed by atoms with Crippen molar-refractivity contribution in [3.8, 4) is 11.4 Å². The van der Waals surface area contributed by atoms with Crippen molar-refractivity contribution in [2.45, 2.75) is 5.75 Å². The van der Waals surface area contributed by atoms with Gasteiger partial charge in [-0.2, -0.15) is 11.8 Å². The maximum atomic E-state index is 11.4. The van der Waals surface area contributed by atoms with Crippen LogP contribution < -0.4 is 15.5 Å². The molecule has 0 unspecified atom stereocenters. The molecule has 1 aromatic heterocycles. The Hall–Kier alpha value is -2.36. The summed E-state index contributed by atoms with van der Waals surface area (Å²) in [4.78, 5) is 23.1. The standard InChI is InChI=1S/C19H25N5O3S/c1-20-19(26)22-15-4-2-14(3-5-15)18-21-16(13-28-11-8-25)12-17(23-18)24-6-9-27-10-7-24/h2-5,12,25H,6-11,13H2,1H3,(H2,20,22,26). The minimum atomic E-state index is -0.262. The Morgan fingerprint density at radius 1 is 1.25 bits per heavy atom. The van der Waals surface area contributed by atoms with E-state index in [1.54, 1.807) is 18.8 Å². The van der Waals surface area contributed by atoms with Crippen LogP contribution in [-0.4, -0.2) is 66.8 Å². The van der Waals surface area contributed by atoms with Gasteiger partial charge in [-0.05, 0) is 24.3 Å². The van der Waals surface area contributed by atoms with Gasteiger partial charge in [-0.3, -0.25) is 0 Å². The van der Waals surface area contributed by atoms with Crippen molar-refractivity contribution in [3.63, 3.8) is 0 Å². The summed E-state index contributed by atoms with van der Waals surface area (Å²) >= 11 is 1.64. The van der Waals surface area contributed by atoms with E-state index in [4.69, 9.17) is 19.8 Å². The fourth-order valence-electron chi connectivity index (χ4n) is 2.78. The summed E-state index contributed by atoms with van der Waals surface area (Å²) in [6.45, 7) is 3.13. The fourth-order valence-corrected chi connectivity index (χ4v) is 3.41. The van der Waals surface area contributed by atoms with E-state index in [1.807, 2.05) is 30.3 Å². The second-order valence-electron chi connectivity index (χ2n) is 6.20. The van der Waals surface area contributed by atoms with Crippen molar-refractivity contribution in [1.82, 2.24) is 15.3 Å². The molecular formula is C19H25N5O3S. The quantitative estimate of drug-likeness (QED) is 0.608. The molecule has 0 bridgehead atoms. The number of ether oxygens (including phenoxy) is 1. The normalized spacial score (nSPS) is 14.0. The SMILES string of the molecule is CNC(=O)Nc1ccc(-c2nc(CSCCO)cc(N3CCOCC3)n2)cc1. The minimum absolute atomic E-state index is 0.152. The second-order valence-corrected chi connectivity index (χ2v) is 7.30. The number of amides is 2. The van der Waals surface area contributed by atoms with Gasteiger partial charge in [0.2, 0.25) is 0 Å². The van der Waals surface area contributed by atoms with Crippen LogP contribution in [0.2, 0.25) is 0 Å². The smallest absolute Gasteiger partial charge is 0.318 e. The number of anilines is 2. The van der Waals surface area contributed by atoms with Crippen LogP contribution in [0, 0.1) is 0 Å². The highest BCUT2D eigenvalue weighted by Gasteiger charge is 2.16. The lowest BCUT2D eigenvalue weighted by atomic mass is 10.2. The van der Waals surface area contributed by atoms with Crippen LogP contribution in [0.25, 0.3) is 11.4 Å². The third-order valence-electron chi connectivity index (χ3n) is 4.21. The number of carbonyl (C=O) groups is 1. The molecule has 2 heterocycles. The molecule has 28 heavy (non-hydrogen) atoms. The van der Waals surface area contributed by atoms with Crippen LogP contribution >= 0.6 is 11.8 Å². The van der Waals surface area contributed by atoms with Crippen LogP contribution in [0.15, 0.2) is 30.3 Å². The first-order chi connectivity index (χ1) is 13.7. The zero-order valence-electron chi connectivity index (χ0n) is 15.9. The van der Waals surface area contributed by atoms with E-state index >= 15 is 0 Å². The van der Waals surface area contributed by atoms with Crippen LogP contribution in [0.1, 0.15) is 5.69 Å². The third-order valence-corrected chi connectivity index (χ3v) is 5.19. The first-order valence-electron chi connectivity index (χ1n) is 9.18. The summed E-state index contributed by atoms with van der Waals surface area (Å²) in [6, 6.07) is 9.20. The number of aromatic nitrogens is 2. The number of rotatable bonds is 7. The van der Waals surface area contributed by atoms with Crippen molar-refractivity contribution in [2.24, 2.45) is 0 Å². The molecule has 0 saturated carbocycles. The predicted octanol–water partition coefficient (Wildman–Crippen LogP) is 1.96. The van der Waals surface area contributed by atoms with Gasteiger partial charge in [-0.25, -0.2) is 14.8 Å². The Kier molecular flexibility index (Phi) is 7.46. The Labute approximate surface area is 168 Å². The van der Waals surface area contributed by atoms with Gasteiger partial charge in [0.1, 0.15) is 5.82 Å². The van der Waals surface area contributed by atoms with Crippen molar-refractivity contribution in [1.29, 1.82) is 0 Å². The summed E-state index contributed by atoms with van der Waals surface area (Å²) in [7, 11) is 1.57. The summed E-state index contributed by atoms with van der Waals surface area (Å²) in [5, 5.41) is 14.3. The first-order valence-corrected chi connectivity index (χ1v) is 10.3. The molecule has 150 valence electrons. The van der Waals surface area contributed by atoms with Crippen LogP contribution in [0.4, 0.5) is 16.3 Å². The molecule has 9 heteroatoms. The largest absolute Gasteiger partial charge is 0.396 e. The van der Waals surface area contributed by atoms with Crippen molar-refractivity contribution in [2.75, 3.05) is 55.9 Å². The highest BCUT2D eigenvalue weighted by Crippen LogP contribution is 2.24. The Morgan fingerprint density at radius 2 is 2.00 bits per heavy atom. The average Bonchev–Trinajstić information content (AvgIpc) is 2.75. The number of urea groups is 1. The third kappa shape index (κ3) is 5.57. The maximum Gasteiger partial charge on any atom is 0.318 e. The molecular weight excluding hydrogens is 378 g/mol. The second kappa shape index (κ2) is 10.3. The summed E-state index contributed by atoms with van der Waals surface area (Å²) in [5.74, 6) is 2.92. The molecule has 1 fully saturated rings. The number of aliphatic hydroxyl groups is 1. The lowest BCUT2D eigenvalue weighted by Gasteiger charge is -2.28. The maximum absolute atomic E-state index is 11.4. The monoisotopic (exact) mass is 403 g/mol. The molecule has 2 amide bonds. The summed E-state index contributed by atoms with van der Waals surface area (Å²) in [6.07, 6.45) is 0. The predicted molar refractivity (Wildman–Crippen MR) is 112 cm³/mol. The molecule has 8 nitrogen and oxygen atoms in total. The Morgan fingerprint density at radius 3 is 2.68 bits per heavy atom. The van der Waals surface area contributed by atoms with Gasteiger partial charge >= 0.3 is 6.03 Å². The number of morpholine rings is 1. The molecule has 2 aromatic rings. The molecule has 1 saturated heterocycles. The van der Waals surface area contributed by atoms with E-state index in [-0.39, 0.29) is 12.6 Å². The van der Waals surface area contributed by atoms with E-state index in [1.165, 1.54) is 0 Å². The van der Waals surface area contributed by atoms with Gasteiger partial charge in [0.25, 0.3) is 0 Å². The van der Waals surface area contributed by atoms with E-state index in [9.17, 15) is 4.79 Å². The molecule has 0 spiro atoms. The Bertz CT molecular complexity index is 782. The summed E-state index contributed by atoms with van der Waals surface area (Å²) in [5.41, 5.74) is 2.51. The van der Waals surface area contributed by atoms with Gasteiger partial charge in [-0.1, -0.05) is 0 Å². The molecule has 1 aromatic carbocycles. The molecule has 3 N–H and O–H groups in total. The van der Waals surface area contributed by atoms with Crippen molar-refractivity contribution in [3.05, 3.63) is 36.0 Å². The highest BCUT2D eigenvalue weighted by atomic mass is 32.2. The number of hydrogen-bond acceptors (Lipinski definition) is 7. The lowest BCUT2D eigenvalue weighted by Crippen LogP contribution is -2.37. The first kappa shape index (κ1) is 20.4. The number of aliphatic hydroxyl groups excluding tert-OH is 1. The zero-order chi connectivity index (χ0) is 19.8. The van der Waals surface area contributed by atoms with Crippen molar-refractivity contribution < 1.29 is 14.6 Å². The van der Waals surface area contributed by atoms with Crippen molar-refractivity contribution >= 4 is 29.3 Å². The molecule has 0 radical (unpaired) electrons. The van der Waals surface area contributed by atoms with E-state index in [0.29, 0.717) is 36.2 Å². The van der Waals surface area contributed by atoms with E-state index in [2.05, 4.69) is 15.5 Å². The van der Waals surface area contributed by atoms with E-state index in [0.717, 1.165) is 30.2 Å². The zero-order valence-corrected chi connectivity index (χ0v) is 16.7. The topological polar surface area (TPSA) is 99.6 Å². The number of thioether (sulfide) groups is 1. The van der Waals surface area contributed by atoms with Gasteiger partial charge in [-0.15, -0.1) is 0 Å². The van der Waals surface area contributed by atoms with Gasteiger partial charge in [0, 0.05) is 49.0 Å². The fraction of sp³-hybridized carbons (Fsp3) is 0.421. The number of nitrogens with zero attached hydrogens (tertiary/aromatic N) is 3. The van der Waals surface area contributed by atoms with Gasteiger partial charge in [0.15, 0.2) is 5.82 Å². The van der Waals surface area contributed by atoms with E-state index < -0.39 is 0 Å². The van der Waals surface area contributed by atoms with Crippen LogP contribution in [-0.2, 0) is 10.5 Å². The van der Waals surface area contributed by atoms with Crippen LogP contribution in [0.3, 0.4) is 0 Å². The molecule has 3 rings (SSSR count). The number of hydrogen-bond donors (Lipinski definition) is 3. The number of nitrogens with one attached hydrogen (secondary N) is 2. The van der Waals surface area contributed by atoms with Gasteiger partial charge in [0.05, 0.1) is 25.5 Å². The number of benzene rings is 1. The van der Waals surface area contributed by atoms with Gasteiger partial charge < -0.3 is 25.4 Å². The highest BCUT2D eigenvalue weighted by molar-refractivity contribution is 7.98. The lowest BCUT2D eigenvalue weighted by molar-refractivity contribution is 0.122. The number of carbonyl (C=O) groups excluding carboxylic acids is 1. The average molecular weight is 404 g/mol. The molecule has 1 aliphatic rings. The van der Waals surface area contributed by atoms with Crippen LogP contribution in [0.5, 0.6) is 0 Å². The Balaban J connectivity index is 1.85. The molecule has 1 aliphatic heterocycles. The summed E-state index contributed by atoms with van der Waals surface area (Å²) < 4.78 is 5.44. The molecule has 0 atom stereocenters.